The maximum Gasteiger partial charge on any atom is 0.128 e. The lowest BCUT2D eigenvalue weighted by atomic mass is 10.2. The SMILES string of the molecule is FCCn1cc(-c2cc3nc(-c4ccc(N5CCCC5)nc4)sc3cn2)cn1. The lowest BCUT2D eigenvalue weighted by molar-refractivity contribution is 0.427. The van der Waals surface area contributed by atoms with Gasteiger partial charge < -0.3 is 4.90 Å². The van der Waals surface area contributed by atoms with E-state index in [1.54, 1.807) is 22.2 Å². The van der Waals surface area contributed by atoms with Crippen LogP contribution in [0.15, 0.2) is 43.0 Å². The number of nitrogens with zero attached hydrogens (tertiary/aromatic N) is 6. The summed E-state index contributed by atoms with van der Waals surface area (Å²) in [5.74, 6) is 1.04. The summed E-state index contributed by atoms with van der Waals surface area (Å²) < 4.78 is 15.1. The van der Waals surface area contributed by atoms with E-state index in [1.807, 2.05) is 24.7 Å². The molecule has 5 rings (SSSR count). The molecule has 0 aliphatic carbocycles. The number of hydrogen-bond acceptors (Lipinski definition) is 6. The molecule has 0 N–H and O–H groups in total. The highest BCUT2D eigenvalue weighted by Gasteiger charge is 2.14. The lowest BCUT2D eigenvalue weighted by Crippen LogP contribution is -2.18. The van der Waals surface area contributed by atoms with Crippen molar-refractivity contribution in [3.63, 3.8) is 0 Å². The minimum Gasteiger partial charge on any atom is -0.357 e. The third-order valence-electron chi connectivity index (χ3n) is 4.94. The molecule has 0 unspecified atom stereocenters. The van der Waals surface area contributed by atoms with Crippen LogP contribution in [-0.2, 0) is 6.54 Å². The molecule has 6 nitrogen and oxygen atoms in total. The topological polar surface area (TPSA) is 59.7 Å². The minimum absolute atomic E-state index is 0.253. The number of aromatic nitrogens is 5. The van der Waals surface area contributed by atoms with Crippen molar-refractivity contribution in [2.75, 3.05) is 24.7 Å². The predicted molar refractivity (Wildman–Crippen MR) is 109 cm³/mol. The monoisotopic (exact) mass is 394 g/mol. The van der Waals surface area contributed by atoms with Gasteiger partial charge in [-0.05, 0) is 31.0 Å². The van der Waals surface area contributed by atoms with Gasteiger partial charge in [-0.15, -0.1) is 11.3 Å². The van der Waals surface area contributed by atoms with Gasteiger partial charge in [0.1, 0.15) is 17.5 Å². The fourth-order valence-corrected chi connectivity index (χ4v) is 4.37. The molecule has 0 radical (unpaired) electrons. The molecular weight excluding hydrogens is 375 g/mol. The molecule has 0 bridgehead atoms. The maximum atomic E-state index is 12.5. The summed E-state index contributed by atoms with van der Waals surface area (Å²) >= 11 is 1.61. The summed E-state index contributed by atoms with van der Waals surface area (Å²) in [7, 11) is 0. The van der Waals surface area contributed by atoms with Gasteiger partial charge in [0, 0.05) is 42.8 Å². The Morgan fingerprint density at radius 1 is 1.04 bits per heavy atom. The Morgan fingerprint density at radius 2 is 1.93 bits per heavy atom. The van der Waals surface area contributed by atoms with Crippen molar-refractivity contribution >= 4 is 27.4 Å². The Hall–Kier alpha value is -2.87. The molecule has 4 aromatic rings. The van der Waals surface area contributed by atoms with Gasteiger partial charge in [0.05, 0.1) is 28.7 Å². The summed E-state index contributed by atoms with van der Waals surface area (Å²) in [4.78, 5) is 16.3. The van der Waals surface area contributed by atoms with Crippen LogP contribution in [0.4, 0.5) is 10.2 Å². The van der Waals surface area contributed by atoms with Gasteiger partial charge in [-0.1, -0.05) is 0 Å². The zero-order valence-electron chi connectivity index (χ0n) is 15.3. The Bertz CT molecular complexity index is 1100. The molecule has 0 saturated carbocycles. The summed E-state index contributed by atoms with van der Waals surface area (Å²) in [5, 5.41) is 5.10. The molecular formula is C20H19FN6S. The van der Waals surface area contributed by atoms with E-state index in [9.17, 15) is 4.39 Å². The van der Waals surface area contributed by atoms with Crippen molar-refractivity contribution in [3.8, 4) is 21.8 Å². The van der Waals surface area contributed by atoms with E-state index >= 15 is 0 Å². The quantitative estimate of drug-likeness (QED) is 0.508. The van der Waals surface area contributed by atoms with Crippen molar-refractivity contribution in [2.24, 2.45) is 0 Å². The molecule has 4 aromatic heterocycles. The molecule has 0 atom stereocenters. The van der Waals surface area contributed by atoms with Crippen molar-refractivity contribution in [2.45, 2.75) is 19.4 Å². The van der Waals surface area contributed by atoms with Gasteiger partial charge in [0.25, 0.3) is 0 Å². The molecule has 28 heavy (non-hydrogen) atoms. The Morgan fingerprint density at radius 3 is 2.71 bits per heavy atom. The average Bonchev–Trinajstić information content (AvgIpc) is 3.48. The van der Waals surface area contributed by atoms with Crippen molar-refractivity contribution in [1.29, 1.82) is 0 Å². The molecule has 1 aliphatic heterocycles. The van der Waals surface area contributed by atoms with Crippen LogP contribution in [0.5, 0.6) is 0 Å². The number of fused-ring (bicyclic) bond motifs is 1. The van der Waals surface area contributed by atoms with Crippen molar-refractivity contribution < 1.29 is 4.39 Å². The van der Waals surface area contributed by atoms with E-state index in [1.165, 1.54) is 12.8 Å². The number of rotatable bonds is 5. The molecule has 0 amide bonds. The second kappa shape index (κ2) is 7.27. The minimum atomic E-state index is -0.437. The van der Waals surface area contributed by atoms with Crippen LogP contribution in [0.25, 0.3) is 32.0 Å². The number of pyridine rings is 2. The number of halogens is 1. The van der Waals surface area contributed by atoms with E-state index in [4.69, 9.17) is 4.98 Å². The van der Waals surface area contributed by atoms with E-state index in [-0.39, 0.29) is 6.54 Å². The number of hydrogen-bond donors (Lipinski definition) is 0. The molecule has 0 aromatic carbocycles. The smallest absolute Gasteiger partial charge is 0.128 e. The van der Waals surface area contributed by atoms with E-state index in [2.05, 4.69) is 32.1 Å². The van der Waals surface area contributed by atoms with Crippen molar-refractivity contribution in [1.82, 2.24) is 24.7 Å². The van der Waals surface area contributed by atoms with Crippen molar-refractivity contribution in [3.05, 3.63) is 43.0 Å². The van der Waals surface area contributed by atoms with Crippen LogP contribution < -0.4 is 4.90 Å². The van der Waals surface area contributed by atoms with Gasteiger partial charge in [0.15, 0.2) is 0 Å². The first-order valence-corrected chi connectivity index (χ1v) is 10.2. The molecule has 5 heterocycles. The highest BCUT2D eigenvalue weighted by atomic mass is 32.1. The standard InChI is InChI=1S/C20H19FN6S/c21-5-8-27-13-15(11-24-27)16-9-17-18(12-22-16)28-20(25-17)14-3-4-19(23-10-14)26-6-1-2-7-26/h3-4,9-13H,1-2,5-8H2. The van der Waals surface area contributed by atoms with Gasteiger partial charge >= 0.3 is 0 Å². The fourth-order valence-electron chi connectivity index (χ4n) is 3.47. The van der Waals surface area contributed by atoms with Crippen LogP contribution in [0, 0.1) is 0 Å². The Balaban J connectivity index is 1.43. The summed E-state index contributed by atoms with van der Waals surface area (Å²) in [6.45, 7) is 1.99. The van der Waals surface area contributed by atoms with Crippen LogP contribution in [-0.4, -0.2) is 44.5 Å². The predicted octanol–water partition coefficient (Wildman–Crippen LogP) is 4.19. The highest BCUT2D eigenvalue weighted by molar-refractivity contribution is 7.21. The zero-order chi connectivity index (χ0) is 18.9. The third-order valence-corrected chi connectivity index (χ3v) is 6.00. The summed E-state index contributed by atoms with van der Waals surface area (Å²) in [6.07, 6.45) is 9.73. The maximum absolute atomic E-state index is 12.5. The lowest BCUT2D eigenvalue weighted by Gasteiger charge is -2.15. The average molecular weight is 394 g/mol. The van der Waals surface area contributed by atoms with Crippen LogP contribution in [0.1, 0.15) is 12.8 Å². The zero-order valence-corrected chi connectivity index (χ0v) is 16.1. The number of alkyl halides is 1. The first kappa shape index (κ1) is 17.2. The first-order valence-electron chi connectivity index (χ1n) is 9.37. The Labute approximate surface area is 165 Å². The largest absolute Gasteiger partial charge is 0.357 e. The van der Waals surface area contributed by atoms with E-state index < -0.39 is 6.67 Å². The van der Waals surface area contributed by atoms with E-state index in [0.717, 1.165) is 51.0 Å². The molecule has 1 saturated heterocycles. The van der Waals surface area contributed by atoms with Crippen LogP contribution in [0.2, 0.25) is 0 Å². The highest BCUT2D eigenvalue weighted by Crippen LogP contribution is 2.32. The first-order chi connectivity index (χ1) is 13.8. The number of thiazole rings is 1. The number of aryl methyl sites for hydroxylation is 1. The summed E-state index contributed by atoms with van der Waals surface area (Å²) in [5.41, 5.74) is 3.56. The molecule has 1 aliphatic rings. The van der Waals surface area contributed by atoms with Gasteiger partial charge in [-0.2, -0.15) is 5.10 Å². The van der Waals surface area contributed by atoms with Crippen LogP contribution in [0.3, 0.4) is 0 Å². The number of anilines is 1. The van der Waals surface area contributed by atoms with Gasteiger partial charge in [-0.25, -0.2) is 14.4 Å². The second-order valence-electron chi connectivity index (χ2n) is 6.84. The Kier molecular flexibility index (Phi) is 4.48. The molecule has 8 heteroatoms. The normalized spacial score (nSPS) is 14.2. The summed E-state index contributed by atoms with van der Waals surface area (Å²) in [6, 6.07) is 6.13. The molecule has 0 spiro atoms. The van der Waals surface area contributed by atoms with Crippen LogP contribution >= 0.6 is 11.3 Å². The molecule has 142 valence electrons. The van der Waals surface area contributed by atoms with Gasteiger partial charge in [0.2, 0.25) is 0 Å². The second-order valence-corrected chi connectivity index (χ2v) is 7.87. The molecule has 1 fully saturated rings. The van der Waals surface area contributed by atoms with Gasteiger partial charge in [-0.3, -0.25) is 9.67 Å². The fraction of sp³-hybridized carbons (Fsp3) is 0.300. The van der Waals surface area contributed by atoms with E-state index in [0.29, 0.717) is 0 Å². The third kappa shape index (κ3) is 3.24.